The lowest BCUT2D eigenvalue weighted by Crippen LogP contribution is -1.98. The van der Waals surface area contributed by atoms with Gasteiger partial charge < -0.3 is 9.30 Å². The van der Waals surface area contributed by atoms with Crippen LogP contribution in [0.3, 0.4) is 0 Å². The Bertz CT molecular complexity index is 567. The number of aryl methyl sites for hydroxylation is 1. The van der Waals surface area contributed by atoms with Crippen molar-refractivity contribution in [3.63, 3.8) is 0 Å². The Morgan fingerprint density at radius 2 is 2.18 bits per heavy atom. The summed E-state index contributed by atoms with van der Waals surface area (Å²) in [4.78, 5) is 11.2. The minimum atomic E-state index is -0.305. The van der Waals surface area contributed by atoms with E-state index >= 15 is 0 Å². The molecule has 0 aliphatic rings. The number of carbonyl (C=O) groups excluding carboxylic acids is 1. The van der Waals surface area contributed by atoms with Crippen molar-refractivity contribution in [2.24, 2.45) is 7.05 Å². The predicted molar refractivity (Wildman–Crippen MR) is 68.6 cm³/mol. The predicted octanol–water partition coefficient (Wildman–Crippen LogP) is 2.75. The molecule has 1 aromatic heterocycles. The van der Waals surface area contributed by atoms with E-state index in [0.717, 1.165) is 16.5 Å². The summed E-state index contributed by atoms with van der Waals surface area (Å²) in [5.41, 5.74) is 2.17. The molecular formula is C14H15NO2. The van der Waals surface area contributed by atoms with Crippen LogP contribution in [0.5, 0.6) is 0 Å². The molecule has 0 radical (unpaired) electrons. The number of para-hydroxylation sites is 1. The van der Waals surface area contributed by atoms with Gasteiger partial charge in [0.1, 0.15) is 0 Å². The summed E-state index contributed by atoms with van der Waals surface area (Å²) >= 11 is 0. The van der Waals surface area contributed by atoms with Crippen molar-refractivity contribution in [1.29, 1.82) is 0 Å². The van der Waals surface area contributed by atoms with E-state index in [-0.39, 0.29) is 5.97 Å². The average Bonchev–Trinajstić information content (AvgIpc) is 2.65. The zero-order valence-corrected chi connectivity index (χ0v) is 10.0. The van der Waals surface area contributed by atoms with E-state index in [9.17, 15) is 4.79 Å². The SMILES string of the molecule is CCOC(=O)C=Cc1cn(C)c2ccccc12. The van der Waals surface area contributed by atoms with E-state index in [0.29, 0.717) is 6.61 Å². The highest BCUT2D eigenvalue weighted by Crippen LogP contribution is 2.21. The van der Waals surface area contributed by atoms with Crippen molar-refractivity contribution in [3.8, 4) is 0 Å². The second-order valence-electron chi connectivity index (χ2n) is 3.80. The van der Waals surface area contributed by atoms with Gasteiger partial charge in [-0.1, -0.05) is 18.2 Å². The van der Waals surface area contributed by atoms with E-state index in [1.165, 1.54) is 6.08 Å². The Morgan fingerprint density at radius 1 is 1.41 bits per heavy atom. The third kappa shape index (κ3) is 2.38. The molecule has 2 aromatic rings. The van der Waals surface area contributed by atoms with E-state index in [1.807, 2.05) is 36.0 Å². The Morgan fingerprint density at radius 3 is 2.94 bits per heavy atom. The Balaban J connectivity index is 2.33. The van der Waals surface area contributed by atoms with Crippen molar-refractivity contribution < 1.29 is 9.53 Å². The fraction of sp³-hybridized carbons (Fsp3) is 0.214. The van der Waals surface area contributed by atoms with Crippen LogP contribution in [-0.2, 0) is 16.6 Å². The van der Waals surface area contributed by atoms with Crippen LogP contribution in [0.25, 0.3) is 17.0 Å². The van der Waals surface area contributed by atoms with Gasteiger partial charge in [0.15, 0.2) is 0 Å². The quantitative estimate of drug-likeness (QED) is 0.598. The first-order valence-corrected chi connectivity index (χ1v) is 5.61. The fourth-order valence-electron chi connectivity index (χ4n) is 1.85. The smallest absolute Gasteiger partial charge is 0.330 e. The molecule has 1 aromatic carbocycles. The molecule has 0 aliphatic carbocycles. The molecule has 1 heterocycles. The summed E-state index contributed by atoms with van der Waals surface area (Å²) in [6.07, 6.45) is 5.26. The summed E-state index contributed by atoms with van der Waals surface area (Å²) in [6, 6.07) is 8.09. The fourth-order valence-corrected chi connectivity index (χ4v) is 1.85. The van der Waals surface area contributed by atoms with Gasteiger partial charge in [-0.3, -0.25) is 0 Å². The molecule has 0 fully saturated rings. The number of hydrogen-bond donors (Lipinski definition) is 0. The molecule has 0 spiro atoms. The van der Waals surface area contributed by atoms with E-state index in [2.05, 4.69) is 6.07 Å². The third-order valence-corrected chi connectivity index (χ3v) is 2.61. The van der Waals surface area contributed by atoms with Crippen LogP contribution >= 0.6 is 0 Å². The van der Waals surface area contributed by atoms with Gasteiger partial charge in [0, 0.05) is 35.8 Å². The molecule has 3 heteroatoms. The number of hydrogen-bond acceptors (Lipinski definition) is 2. The van der Waals surface area contributed by atoms with Gasteiger partial charge in [-0.2, -0.15) is 0 Å². The molecule has 0 amide bonds. The van der Waals surface area contributed by atoms with Crippen LogP contribution in [0.4, 0.5) is 0 Å². The van der Waals surface area contributed by atoms with Crippen LogP contribution in [0, 0.1) is 0 Å². The number of fused-ring (bicyclic) bond motifs is 1. The Labute approximate surface area is 100 Å². The molecule has 0 unspecified atom stereocenters. The average molecular weight is 229 g/mol. The number of carbonyl (C=O) groups is 1. The number of aromatic nitrogens is 1. The number of rotatable bonds is 3. The first-order valence-electron chi connectivity index (χ1n) is 5.61. The lowest BCUT2D eigenvalue weighted by atomic mass is 10.1. The van der Waals surface area contributed by atoms with Crippen LogP contribution in [0.2, 0.25) is 0 Å². The van der Waals surface area contributed by atoms with Crippen molar-refractivity contribution in [1.82, 2.24) is 4.57 Å². The number of esters is 1. The van der Waals surface area contributed by atoms with Crippen LogP contribution in [0.15, 0.2) is 36.5 Å². The largest absolute Gasteiger partial charge is 0.463 e. The molecule has 2 rings (SSSR count). The summed E-state index contributed by atoms with van der Waals surface area (Å²) < 4.78 is 6.89. The number of ether oxygens (including phenoxy) is 1. The highest BCUT2D eigenvalue weighted by atomic mass is 16.5. The first kappa shape index (κ1) is 11.5. The molecular weight excluding hydrogens is 214 g/mol. The molecule has 0 saturated heterocycles. The standard InChI is InChI=1S/C14H15NO2/c1-3-17-14(16)9-8-11-10-15(2)13-7-5-4-6-12(11)13/h4-10H,3H2,1-2H3. The molecule has 0 aliphatic heterocycles. The second-order valence-corrected chi connectivity index (χ2v) is 3.80. The summed E-state index contributed by atoms with van der Waals surface area (Å²) in [7, 11) is 1.99. The van der Waals surface area contributed by atoms with Crippen molar-refractivity contribution in [2.75, 3.05) is 6.61 Å². The molecule has 3 nitrogen and oxygen atoms in total. The van der Waals surface area contributed by atoms with Crippen LogP contribution in [-0.4, -0.2) is 17.1 Å². The maximum Gasteiger partial charge on any atom is 0.330 e. The zero-order valence-electron chi connectivity index (χ0n) is 10.0. The van der Waals surface area contributed by atoms with E-state index in [4.69, 9.17) is 4.74 Å². The number of benzene rings is 1. The maximum atomic E-state index is 11.2. The Hall–Kier alpha value is -2.03. The molecule has 0 atom stereocenters. The van der Waals surface area contributed by atoms with Crippen LogP contribution < -0.4 is 0 Å². The van der Waals surface area contributed by atoms with Gasteiger partial charge in [0.05, 0.1) is 6.61 Å². The minimum absolute atomic E-state index is 0.305. The maximum absolute atomic E-state index is 11.2. The summed E-state index contributed by atoms with van der Waals surface area (Å²) in [5, 5.41) is 1.13. The molecule has 0 saturated carbocycles. The van der Waals surface area contributed by atoms with Gasteiger partial charge in [-0.15, -0.1) is 0 Å². The Kier molecular flexibility index (Phi) is 3.28. The lowest BCUT2D eigenvalue weighted by molar-refractivity contribution is -0.137. The van der Waals surface area contributed by atoms with Crippen molar-refractivity contribution in [2.45, 2.75) is 6.92 Å². The molecule has 0 bridgehead atoms. The highest BCUT2D eigenvalue weighted by molar-refractivity contribution is 5.94. The minimum Gasteiger partial charge on any atom is -0.463 e. The van der Waals surface area contributed by atoms with Crippen LogP contribution in [0.1, 0.15) is 12.5 Å². The molecule has 88 valence electrons. The first-order chi connectivity index (χ1) is 8.22. The monoisotopic (exact) mass is 229 g/mol. The van der Waals surface area contributed by atoms with E-state index in [1.54, 1.807) is 13.0 Å². The van der Waals surface area contributed by atoms with E-state index < -0.39 is 0 Å². The lowest BCUT2D eigenvalue weighted by Gasteiger charge is -1.94. The topological polar surface area (TPSA) is 31.2 Å². The second kappa shape index (κ2) is 4.87. The van der Waals surface area contributed by atoms with Gasteiger partial charge in [0.25, 0.3) is 0 Å². The van der Waals surface area contributed by atoms with Gasteiger partial charge in [-0.05, 0) is 19.1 Å². The molecule has 0 N–H and O–H groups in total. The normalized spacial score (nSPS) is 11.2. The summed E-state index contributed by atoms with van der Waals surface area (Å²) in [5.74, 6) is -0.305. The zero-order chi connectivity index (χ0) is 12.3. The van der Waals surface area contributed by atoms with Crippen molar-refractivity contribution in [3.05, 3.63) is 42.1 Å². The van der Waals surface area contributed by atoms with Gasteiger partial charge in [-0.25, -0.2) is 4.79 Å². The third-order valence-electron chi connectivity index (χ3n) is 2.61. The molecule has 17 heavy (non-hydrogen) atoms. The highest BCUT2D eigenvalue weighted by Gasteiger charge is 2.03. The summed E-state index contributed by atoms with van der Waals surface area (Å²) in [6.45, 7) is 2.20. The van der Waals surface area contributed by atoms with Gasteiger partial charge >= 0.3 is 5.97 Å². The van der Waals surface area contributed by atoms with Crippen molar-refractivity contribution >= 4 is 22.9 Å². The number of nitrogens with zero attached hydrogens (tertiary/aromatic N) is 1. The van der Waals surface area contributed by atoms with Gasteiger partial charge in [0.2, 0.25) is 0 Å².